The number of carboxylic acid groups (broad SMARTS) is 1. The molecule has 0 aromatic carbocycles. The number of nitrogens with one attached hydrogen (secondary N) is 2. The molecule has 100 valence electrons. The molecule has 0 aliphatic heterocycles. The summed E-state index contributed by atoms with van der Waals surface area (Å²) in [6.45, 7) is 3.30. The van der Waals surface area contributed by atoms with Gasteiger partial charge < -0.3 is 5.11 Å². The van der Waals surface area contributed by atoms with Crippen molar-refractivity contribution in [1.29, 1.82) is 0 Å². The number of hydrogen-bond donors (Lipinski definition) is 4. The maximum absolute atomic E-state index is 11.1. The summed E-state index contributed by atoms with van der Waals surface area (Å²) in [6.07, 6.45) is -0.448. The van der Waals surface area contributed by atoms with Crippen molar-refractivity contribution in [2.45, 2.75) is 26.3 Å². The lowest BCUT2D eigenvalue weighted by molar-refractivity contribution is -0.141. The van der Waals surface area contributed by atoms with Crippen LogP contribution < -0.4 is 10.9 Å². The van der Waals surface area contributed by atoms with Crippen LogP contribution in [0.15, 0.2) is 0 Å². The monoisotopic (exact) mass is 268 g/mol. The average Bonchev–Trinajstić information content (AvgIpc) is 2.12. The second-order valence-corrected chi connectivity index (χ2v) is 5.36. The second-order valence-electron chi connectivity index (χ2n) is 3.79. The summed E-state index contributed by atoms with van der Waals surface area (Å²) in [7, 11) is -4.20. The first kappa shape index (κ1) is 15.8. The van der Waals surface area contributed by atoms with Crippen molar-refractivity contribution >= 4 is 22.0 Å². The molecule has 0 aliphatic carbocycles. The number of carbonyl (C=O) groups excluding carboxylic acids is 1. The van der Waals surface area contributed by atoms with E-state index in [0.717, 1.165) is 0 Å². The van der Waals surface area contributed by atoms with Gasteiger partial charge in [-0.2, -0.15) is 8.42 Å². The molecule has 0 fully saturated rings. The Labute approximate surface area is 99.1 Å². The molecule has 0 aliphatic rings. The number of aliphatic carboxylic acids is 1. The smallest absolute Gasteiger partial charge is 0.322 e. The Morgan fingerprint density at radius 1 is 1.29 bits per heavy atom. The van der Waals surface area contributed by atoms with E-state index in [4.69, 9.17) is 9.66 Å². The van der Waals surface area contributed by atoms with Crippen LogP contribution in [0.25, 0.3) is 0 Å². The van der Waals surface area contributed by atoms with Crippen molar-refractivity contribution in [1.82, 2.24) is 10.9 Å². The summed E-state index contributed by atoms with van der Waals surface area (Å²) in [6, 6.07) is -0.968. The number of hydrazine groups is 1. The summed E-state index contributed by atoms with van der Waals surface area (Å²) in [4.78, 5) is 21.8. The number of hydrogen-bond acceptors (Lipinski definition) is 5. The molecule has 9 heteroatoms. The molecule has 1 amide bonds. The molecule has 17 heavy (non-hydrogen) atoms. The summed E-state index contributed by atoms with van der Waals surface area (Å²) in [5.41, 5.74) is 4.35. The van der Waals surface area contributed by atoms with Crippen LogP contribution >= 0.6 is 0 Å². The van der Waals surface area contributed by atoms with E-state index in [1.807, 2.05) is 0 Å². The number of carboxylic acids is 1. The molecule has 4 N–H and O–H groups in total. The van der Waals surface area contributed by atoms with Gasteiger partial charge in [0.2, 0.25) is 5.91 Å². The summed E-state index contributed by atoms with van der Waals surface area (Å²) in [5.74, 6) is -2.81. The minimum atomic E-state index is -4.20. The minimum absolute atomic E-state index is 0.255. The number of carbonyl (C=O) groups is 2. The quantitative estimate of drug-likeness (QED) is 0.343. The first-order valence-corrected chi connectivity index (χ1v) is 6.46. The maximum atomic E-state index is 11.1. The Morgan fingerprint density at radius 3 is 2.18 bits per heavy atom. The third-order valence-corrected chi connectivity index (χ3v) is 2.61. The highest BCUT2D eigenvalue weighted by atomic mass is 32.2. The highest BCUT2D eigenvalue weighted by molar-refractivity contribution is 7.85. The summed E-state index contributed by atoms with van der Waals surface area (Å²) < 4.78 is 29.1. The van der Waals surface area contributed by atoms with Crippen molar-refractivity contribution in [2.75, 3.05) is 5.75 Å². The van der Waals surface area contributed by atoms with E-state index in [1.54, 1.807) is 13.8 Å². The van der Waals surface area contributed by atoms with Crippen LogP contribution in [-0.2, 0) is 19.7 Å². The fourth-order valence-corrected chi connectivity index (χ4v) is 1.40. The normalized spacial score (nSPS) is 13.4. The van der Waals surface area contributed by atoms with Gasteiger partial charge >= 0.3 is 5.97 Å². The zero-order chi connectivity index (χ0) is 13.6. The third kappa shape index (κ3) is 7.66. The average molecular weight is 268 g/mol. The fourth-order valence-electron chi connectivity index (χ4n) is 0.956. The van der Waals surface area contributed by atoms with Crippen LogP contribution in [-0.4, -0.2) is 41.7 Å². The van der Waals surface area contributed by atoms with Crippen LogP contribution in [0.2, 0.25) is 0 Å². The largest absolute Gasteiger partial charge is 0.480 e. The molecule has 0 unspecified atom stereocenters. The SMILES string of the molecule is CC(C)[C@H](NNC(=O)CCS(=O)(=O)O)C(=O)O. The number of amides is 1. The van der Waals surface area contributed by atoms with Gasteiger partial charge in [0.25, 0.3) is 10.1 Å². The van der Waals surface area contributed by atoms with Gasteiger partial charge in [-0.25, -0.2) is 5.43 Å². The van der Waals surface area contributed by atoms with Gasteiger partial charge in [0, 0.05) is 6.42 Å². The van der Waals surface area contributed by atoms with Crippen LogP contribution in [0.4, 0.5) is 0 Å². The first-order chi connectivity index (χ1) is 7.63. The van der Waals surface area contributed by atoms with Gasteiger partial charge in [-0.15, -0.1) is 0 Å². The predicted molar refractivity (Wildman–Crippen MR) is 58.6 cm³/mol. The highest BCUT2D eigenvalue weighted by Crippen LogP contribution is 2.00. The molecular weight excluding hydrogens is 252 g/mol. The molecule has 0 radical (unpaired) electrons. The molecule has 0 aromatic rings. The fraction of sp³-hybridized carbons (Fsp3) is 0.750. The van der Waals surface area contributed by atoms with Crippen molar-refractivity contribution in [3.8, 4) is 0 Å². The third-order valence-electron chi connectivity index (χ3n) is 1.89. The number of rotatable bonds is 7. The van der Waals surface area contributed by atoms with Gasteiger partial charge in [0.1, 0.15) is 6.04 Å². The lowest BCUT2D eigenvalue weighted by Gasteiger charge is -2.18. The van der Waals surface area contributed by atoms with Crippen molar-refractivity contribution < 1.29 is 27.7 Å². The zero-order valence-electron chi connectivity index (χ0n) is 9.50. The van der Waals surface area contributed by atoms with E-state index >= 15 is 0 Å². The van der Waals surface area contributed by atoms with Gasteiger partial charge in [-0.3, -0.25) is 19.6 Å². The summed E-state index contributed by atoms with van der Waals surface area (Å²) in [5, 5.41) is 8.77. The van der Waals surface area contributed by atoms with Crippen LogP contribution in [0.5, 0.6) is 0 Å². The highest BCUT2D eigenvalue weighted by Gasteiger charge is 2.21. The Balaban J connectivity index is 4.10. The molecule has 0 saturated heterocycles. The molecule has 0 bridgehead atoms. The molecular formula is C8H16N2O6S. The predicted octanol–water partition coefficient (Wildman–Crippen LogP) is -1.01. The standard InChI is InChI=1S/C8H16N2O6S/c1-5(2)7(8(12)13)10-9-6(11)3-4-17(14,15)16/h5,7,10H,3-4H2,1-2H3,(H,9,11)(H,12,13)(H,14,15,16)/t7-/m0/s1. The molecule has 8 nitrogen and oxygen atoms in total. The van der Waals surface area contributed by atoms with Gasteiger partial charge in [0.15, 0.2) is 0 Å². The van der Waals surface area contributed by atoms with Crippen molar-refractivity contribution in [3.63, 3.8) is 0 Å². The first-order valence-electron chi connectivity index (χ1n) is 4.86. The van der Waals surface area contributed by atoms with E-state index in [-0.39, 0.29) is 5.92 Å². The zero-order valence-corrected chi connectivity index (χ0v) is 10.3. The Kier molecular flexibility index (Phi) is 6.07. The molecule has 0 heterocycles. The summed E-state index contributed by atoms with van der Waals surface area (Å²) >= 11 is 0. The Morgan fingerprint density at radius 2 is 1.82 bits per heavy atom. The van der Waals surface area contributed by atoms with Gasteiger partial charge in [0.05, 0.1) is 5.75 Å². The molecule has 0 rings (SSSR count). The van der Waals surface area contributed by atoms with E-state index in [9.17, 15) is 18.0 Å². The minimum Gasteiger partial charge on any atom is -0.480 e. The lowest BCUT2D eigenvalue weighted by Crippen LogP contribution is -2.50. The van der Waals surface area contributed by atoms with Gasteiger partial charge in [-0.1, -0.05) is 13.8 Å². The van der Waals surface area contributed by atoms with E-state index in [0.29, 0.717) is 0 Å². The topological polar surface area (TPSA) is 133 Å². The molecule has 0 spiro atoms. The van der Waals surface area contributed by atoms with Crippen LogP contribution in [0, 0.1) is 5.92 Å². The van der Waals surface area contributed by atoms with Crippen LogP contribution in [0.1, 0.15) is 20.3 Å². The van der Waals surface area contributed by atoms with E-state index in [1.165, 1.54) is 0 Å². The Bertz CT molecular complexity index is 377. The maximum Gasteiger partial charge on any atom is 0.322 e. The second kappa shape index (κ2) is 6.52. The molecule has 1 atom stereocenters. The van der Waals surface area contributed by atoms with E-state index < -0.39 is 40.2 Å². The molecule has 0 saturated carbocycles. The van der Waals surface area contributed by atoms with Crippen LogP contribution in [0.3, 0.4) is 0 Å². The lowest BCUT2D eigenvalue weighted by atomic mass is 10.1. The van der Waals surface area contributed by atoms with Crippen molar-refractivity contribution in [3.05, 3.63) is 0 Å². The van der Waals surface area contributed by atoms with Crippen molar-refractivity contribution in [2.24, 2.45) is 5.92 Å². The van der Waals surface area contributed by atoms with Gasteiger partial charge in [-0.05, 0) is 5.92 Å². The van der Waals surface area contributed by atoms with E-state index in [2.05, 4.69) is 10.9 Å². The Hall–Kier alpha value is -1.19. The molecule has 0 aromatic heterocycles.